The number of halogens is 2. The van der Waals surface area contributed by atoms with Gasteiger partial charge in [-0.1, -0.05) is 23.2 Å². The molecule has 0 aliphatic carbocycles. The molecule has 34 heavy (non-hydrogen) atoms. The van der Waals surface area contributed by atoms with Crippen LogP contribution in [0.4, 0.5) is 5.82 Å². The number of fused-ring (bicyclic) bond motifs is 1. The highest BCUT2D eigenvalue weighted by molar-refractivity contribution is 6.36. The third-order valence-electron chi connectivity index (χ3n) is 6.34. The second kappa shape index (κ2) is 9.41. The predicted octanol–water partition coefficient (Wildman–Crippen LogP) is 5.74. The van der Waals surface area contributed by atoms with Crippen molar-refractivity contribution in [2.24, 2.45) is 0 Å². The van der Waals surface area contributed by atoms with E-state index in [1.54, 1.807) is 6.20 Å². The minimum atomic E-state index is -0.365. The lowest BCUT2D eigenvalue weighted by Gasteiger charge is -2.24. The van der Waals surface area contributed by atoms with Crippen LogP contribution in [0.15, 0.2) is 42.7 Å². The molecule has 1 saturated heterocycles. The number of aryl methyl sites for hydroxylation is 1. The summed E-state index contributed by atoms with van der Waals surface area (Å²) in [5.41, 5.74) is 4.01. The van der Waals surface area contributed by atoms with E-state index in [0.717, 1.165) is 47.4 Å². The maximum atomic E-state index is 9.61. The van der Waals surface area contributed by atoms with Crippen molar-refractivity contribution in [2.45, 2.75) is 38.8 Å². The van der Waals surface area contributed by atoms with Crippen molar-refractivity contribution in [1.29, 1.82) is 0 Å². The van der Waals surface area contributed by atoms with Crippen molar-refractivity contribution in [1.82, 2.24) is 20.2 Å². The van der Waals surface area contributed by atoms with Crippen molar-refractivity contribution in [3.8, 4) is 17.0 Å². The molecule has 0 unspecified atom stereocenters. The Morgan fingerprint density at radius 3 is 2.82 bits per heavy atom. The first-order chi connectivity index (χ1) is 16.5. The Hall–Kier alpha value is -2.87. The fourth-order valence-electron chi connectivity index (χ4n) is 4.52. The molecule has 2 N–H and O–H groups in total. The van der Waals surface area contributed by atoms with Gasteiger partial charge in [0.25, 0.3) is 0 Å². The summed E-state index contributed by atoms with van der Waals surface area (Å²) in [7, 11) is 0. The molecule has 0 bridgehead atoms. The van der Waals surface area contributed by atoms with Crippen LogP contribution in [0.5, 0.6) is 5.75 Å². The number of aromatic amines is 1. The Labute approximate surface area is 207 Å². The van der Waals surface area contributed by atoms with Crippen LogP contribution in [0.25, 0.3) is 22.2 Å². The van der Waals surface area contributed by atoms with Crippen molar-refractivity contribution >= 4 is 39.9 Å². The number of aromatic nitrogens is 4. The molecule has 1 aromatic carbocycles. The molecule has 2 atom stereocenters. The molecule has 1 aliphatic heterocycles. The van der Waals surface area contributed by atoms with Crippen LogP contribution in [0, 0.1) is 6.92 Å². The van der Waals surface area contributed by atoms with E-state index in [0.29, 0.717) is 27.1 Å². The van der Waals surface area contributed by atoms with E-state index in [4.69, 9.17) is 27.9 Å². The Bertz CT molecular complexity index is 1330. The molecule has 0 amide bonds. The van der Waals surface area contributed by atoms with Gasteiger partial charge >= 0.3 is 0 Å². The number of aliphatic hydroxyl groups excluding tert-OH is 1. The second-order valence-corrected chi connectivity index (χ2v) is 9.32. The van der Waals surface area contributed by atoms with Crippen molar-refractivity contribution in [2.75, 3.05) is 18.1 Å². The van der Waals surface area contributed by atoms with Crippen molar-refractivity contribution < 1.29 is 9.84 Å². The van der Waals surface area contributed by atoms with Crippen LogP contribution < -0.4 is 9.64 Å². The Balaban J connectivity index is 1.42. The van der Waals surface area contributed by atoms with Gasteiger partial charge in [0.05, 0.1) is 33.9 Å². The van der Waals surface area contributed by atoms with E-state index < -0.39 is 0 Å². The first kappa shape index (κ1) is 22.9. The van der Waals surface area contributed by atoms with Crippen LogP contribution >= 0.6 is 23.2 Å². The lowest BCUT2D eigenvalue weighted by molar-refractivity contribution is 0.227. The van der Waals surface area contributed by atoms with Crippen LogP contribution in [0.1, 0.15) is 37.1 Å². The largest absolute Gasteiger partial charge is 0.486 e. The Morgan fingerprint density at radius 2 is 2.06 bits per heavy atom. The summed E-state index contributed by atoms with van der Waals surface area (Å²) in [6.07, 6.45) is 5.11. The number of pyridine rings is 2. The molecule has 176 valence electrons. The highest BCUT2D eigenvalue weighted by Crippen LogP contribution is 2.36. The van der Waals surface area contributed by atoms with Gasteiger partial charge in [-0.2, -0.15) is 5.10 Å². The number of hydrogen-bond donors (Lipinski definition) is 2. The van der Waals surface area contributed by atoms with Crippen molar-refractivity contribution in [3.05, 3.63) is 64.0 Å². The predicted molar refractivity (Wildman–Crippen MR) is 135 cm³/mol. The molecule has 7 nitrogen and oxygen atoms in total. The average molecular weight is 498 g/mol. The summed E-state index contributed by atoms with van der Waals surface area (Å²) >= 11 is 12.8. The monoisotopic (exact) mass is 497 g/mol. The van der Waals surface area contributed by atoms with E-state index in [9.17, 15) is 5.11 Å². The number of ether oxygens (including phenoxy) is 1. The van der Waals surface area contributed by atoms with Gasteiger partial charge in [-0.3, -0.25) is 10.1 Å². The molecule has 4 heterocycles. The maximum Gasteiger partial charge on any atom is 0.128 e. The maximum absolute atomic E-state index is 9.61. The molecular formula is C25H25Cl2N5O2. The molecular weight excluding hydrogens is 473 g/mol. The molecule has 9 heteroatoms. The first-order valence-electron chi connectivity index (χ1n) is 11.3. The molecule has 1 aliphatic rings. The number of anilines is 1. The summed E-state index contributed by atoms with van der Waals surface area (Å²) in [4.78, 5) is 11.0. The van der Waals surface area contributed by atoms with E-state index >= 15 is 0 Å². The summed E-state index contributed by atoms with van der Waals surface area (Å²) in [5.74, 6) is 1.55. The molecule has 4 aromatic rings. The van der Waals surface area contributed by atoms with Crippen LogP contribution in [-0.4, -0.2) is 44.5 Å². The zero-order chi connectivity index (χ0) is 23.8. The lowest BCUT2D eigenvalue weighted by Crippen LogP contribution is -2.32. The second-order valence-electron chi connectivity index (χ2n) is 8.54. The van der Waals surface area contributed by atoms with E-state index in [2.05, 4.69) is 25.1 Å². The lowest BCUT2D eigenvalue weighted by atomic mass is 10.1. The number of nitrogens with zero attached hydrogens (tertiary/aromatic N) is 4. The zero-order valence-electron chi connectivity index (χ0n) is 18.9. The molecule has 3 aromatic heterocycles. The fraction of sp³-hybridized carbons (Fsp3) is 0.320. The SMILES string of the molecule is Cc1ncc(Cl)c([C@@H](C)Oc2ccc3[nH]nc(-c4ccc(N5CCC[C@H]5CO)nc4)c3c2)c1Cl. The Morgan fingerprint density at radius 1 is 1.21 bits per heavy atom. The van der Waals surface area contributed by atoms with Crippen LogP contribution in [-0.2, 0) is 0 Å². The van der Waals surface area contributed by atoms with Gasteiger partial charge in [-0.25, -0.2) is 4.98 Å². The minimum absolute atomic E-state index is 0.137. The highest BCUT2D eigenvalue weighted by Gasteiger charge is 2.25. The number of benzene rings is 1. The van der Waals surface area contributed by atoms with Crippen molar-refractivity contribution in [3.63, 3.8) is 0 Å². The molecule has 0 spiro atoms. The number of nitrogens with one attached hydrogen (secondary N) is 1. The molecule has 0 saturated carbocycles. The quantitative estimate of drug-likeness (QED) is 0.353. The van der Waals surface area contributed by atoms with E-state index in [1.807, 2.05) is 50.4 Å². The van der Waals surface area contributed by atoms with Gasteiger partial charge in [0.1, 0.15) is 23.4 Å². The normalized spacial score (nSPS) is 16.9. The third-order valence-corrected chi connectivity index (χ3v) is 7.12. The molecule has 1 fully saturated rings. The van der Waals surface area contributed by atoms with Gasteiger partial charge in [0, 0.05) is 35.5 Å². The van der Waals surface area contributed by atoms with Crippen LogP contribution in [0.3, 0.4) is 0 Å². The number of hydrogen-bond acceptors (Lipinski definition) is 6. The first-order valence-corrected chi connectivity index (χ1v) is 12.0. The van der Waals surface area contributed by atoms with E-state index in [-0.39, 0.29) is 18.8 Å². The standard InChI is InChI=1S/C25H25Cl2N5O2/c1-14-24(27)23(20(26)12-28-14)15(2)34-18-6-7-21-19(10-18)25(31-30-21)16-5-8-22(29-11-16)32-9-3-4-17(32)13-33/h5-8,10-12,15,17,33H,3-4,9,13H2,1-2H3,(H,30,31)/t15-,17+/m1/s1. The van der Waals surface area contributed by atoms with Gasteiger partial charge < -0.3 is 14.7 Å². The van der Waals surface area contributed by atoms with Gasteiger partial charge in [0.2, 0.25) is 0 Å². The average Bonchev–Trinajstić information content (AvgIpc) is 3.48. The van der Waals surface area contributed by atoms with E-state index in [1.165, 1.54) is 0 Å². The summed E-state index contributed by atoms with van der Waals surface area (Å²) in [5, 5.41) is 19.1. The number of rotatable bonds is 6. The summed E-state index contributed by atoms with van der Waals surface area (Å²) in [6.45, 7) is 4.80. The fourth-order valence-corrected chi connectivity index (χ4v) is 5.17. The smallest absolute Gasteiger partial charge is 0.128 e. The highest BCUT2D eigenvalue weighted by atomic mass is 35.5. The van der Waals surface area contributed by atoms with Gasteiger partial charge in [-0.05, 0) is 57.0 Å². The minimum Gasteiger partial charge on any atom is -0.486 e. The third kappa shape index (κ3) is 4.19. The molecule has 5 rings (SSSR count). The number of aliphatic hydroxyl groups is 1. The topological polar surface area (TPSA) is 87.2 Å². The summed E-state index contributed by atoms with van der Waals surface area (Å²) in [6, 6.07) is 9.92. The Kier molecular flexibility index (Phi) is 6.34. The van der Waals surface area contributed by atoms with Gasteiger partial charge in [-0.15, -0.1) is 0 Å². The number of H-pyrrole nitrogens is 1. The summed E-state index contributed by atoms with van der Waals surface area (Å²) < 4.78 is 6.21. The van der Waals surface area contributed by atoms with Gasteiger partial charge in [0.15, 0.2) is 0 Å². The molecule has 0 radical (unpaired) electrons. The van der Waals surface area contributed by atoms with Crippen LogP contribution in [0.2, 0.25) is 10.0 Å². The zero-order valence-corrected chi connectivity index (χ0v) is 20.4.